The predicted molar refractivity (Wildman–Crippen MR) is 97.6 cm³/mol. The van der Waals surface area contributed by atoms with E-state index in [2.05, 4.69) is 18.9 Å². The summed E-state index contributed by atoms with van der Waals surface area (Å²) in [5.74, 6) is 0.487. The third-order valence-electron chi connectivity index (χ3n) is 3.59. The molecule has 0 N–H and O–H groups in total. The van der Waals surface area contributed by atoms with Gasteiger partial charge in [0, 0.05) is 5.71 Å². The van der Waals surface area contributed by atoms with E-state index >= 15 is 0 Å². The summed E-state index contributed by atoms with van der Waals surface area (Å²) in [6, 6.07) is 5.42. The highest BCUT2D eigenvalue weighted by molar-refractivity contribution is 7.89. The second kappa shape index (κ2) is 7.47. The predicted octanol–water partition coefficient (Wildman–Crippen LogP) is 4.73. The van der Waals surface area contributed by atoms with Crippen LogP contribution in [-0.2, 0) is 10.0 Å². The van der Waals surface area contributed by atoms with E-state index in [0.29, 0.717) is 16.5 Å². The molecule has 0 aliphatic carbocycles. The lowest BCUT2D eigenvalue weighted by atomic mass is 9.96. The van der Waals surface area contributed by atoms with Crippen LogP contribution in [0.15, 0.2) is 28.2 Å². The number of hydrogen-bond donors (Lipinski definition) is 0. The van der Waals surface area contributed by atoms with Crippen molar-refractivity contribution >= 4 is 15.7 Å². The molecule has 1 rings (SSSR count). The fourth-order valence-corrected chi connectivity index (χ4v) is 4.22. The van der Waals surface area contributed by atoms with Crippen LogP contribution in [0.2, 0.25) is 0 Å². The molecule has 23 heavy (non-hydrogen) atoms. The van der Waals surface area contributed by atoms with Gasteiger partial charge in [-0.05, 0) is 56.7 Å². The maximum Gasteiger partial charge on any atom is 0.279 e. The zero-order valence-corrected chi connectivity index (χ0v) is 16.4. The van der Waals surface area contributed by atoms with Crippen molar-refractivity contribution in [1.82, 2.24) is 4.41 Å². The third-order valence-corrected chi connectivity index (χ3v) is 5.51. The van der Waals surface area contributed by atoms with Gasteiger partial charge in [0.1, 0.15) is 0 Å². The summed E-state index contributed by atoms with van der Waals surface area (Å²) >= 11 is 0. The van der Waals surface area contributed by atoms with Crippen molar-refractivity contribution in [3.63, 3.8) is 0 Å². The molecule has 1 aromatic carbocycles. The Morgan fingerprint density at radius 2 is 1.57 bits per heavy atom. The van der Waals surface area contributed by atoms with E-state index in [1.54, 1.807) is 19.9 Å². The molecule has 4 nitrogen and oxygen atoms in total. The molecule has 0 radical (unpaired) electrons. The van der Waals surface area contributed by atoms with E-state index in [1.807, 2.05) is 39.8 Å². The number of sulfonamides is 1. The van der Waals surface area contributed by atoms with Crippen molar-refractivity contribution in [2.75, 3.05) is 0 Å². The van der Waals surface area contributed by atoms with Gasteiger partial charge in [-0.25, -0.2) is 0 Å². The SMILES string of the molecule is CC(C)=NN(C(C)C)S(=O)(=O)c1ccc(C(C)C)cc1C(C)C. The van der Waals surface area contributed by atoms with Crippen molar-refractivity contribution in [3.8, 4) is 0 Å². The summed E-state index contributed by atoms with van der Waals surface area (Å²) in [4.78, 5) is 0.357. The fraction of sp³-hybridized carbons (Fsp3) is 0.611. The number of benzene rings is 1. The first-order valence-electron chi connectivity index (χ1n) is 8.18. The summed E-state index contributed by atoms with van der Waals surface area (Å²) in [6.45, 7) is 15.5. The van der Waals surface area contributed by atoms with Crippen LogP contribution in [0.1, 0.15) is 78.4 Å². The number of hydrazone groups is 1. The number of hydrogen-bond acceptors (Lipinski definition) is 3. The van der Waals surface area contributed by atoms with E-state index in [1.165, 1.54) is 4.41 Å². The van der Waals surface area contributed by atoms with Gasteiger partial charge in [0.05, 0.1) is 10.9 Å². The van der Waals surface area contributed by atoms with Gasteiger partial charge < -0.3 is 0 Å². The minimum Gasteiger partial charge on any atom is -0.200 e. The average Bonchev–Trinajstić information content (AvgIpc) is 2.43. The lowest BCUT2D eigenvalue weighted by molar-refractivity contribution is 0.369. The van der Waals surface area contributed by atoms with Crippen molar-refractivity contribution in [2.45, 2.75) is 78.2 Å². The maximum absolute atomic E-state index is 13.1. The zero-order valence-electron chi connectivity index (χ0n) is 15.6. The van der Waals surface area contributed by atoms with E-state index in [-0.39, 0.29) is 12.0 Å². The Morgan fingerprint density at radius 1 is 1.00 bits per heavy atom. The molecule has 1 aromatic rings. The Balaban J connectivity index is 3.56. The summed E-state index contributed by atoms with van der Waals surface area (Å²) in [6.07, 6.45) is 0. The van der Waals surface area contributed by atoms with Crippen molar-refractivity contribution in [3.05, 3.63) is 29.3 Å². The molecule has 130 valence electrons. The molecule has 0 amide bonds. The van der Waals surface area contributed by atoms with Crippen LogP contribution in [-0.4, -0.2) is 24.6 Å². The molecule has 0 aromatic heterocycles. The van der Waals surface area contributed by atoms with Crippen LogP contribution in [0.5, 0.6) is 0 Å². The van der Waals surface area contributed by atoms with Gasteiger partial charge in [-0.2, -0.15) is 17.9 Å². The first-order valence-corrected chi connectivity index (χ1v) is 9.62. The van der Waals surface area contributed by atoms with Gasteiger partial charge in [0.2, 0.25) is 0 Å². The molecular weight excluding hydrogens is 308 g/mol. The molecule has 0 aliphatic rings. The summed E-state index contributed by atoms with van der Waals surface area (Å²) in [5, 5.41) is 4.24. The molecule has 0 spiro atoms. The molecule has 0 unspecified atom stereocenters. The summed E-state index contributed by atoms with van der Waals surface area (Å²) < 4.78 is 27.5. The minimum atomic E-state index is -3.67. The van der Waals surface area contributed by atoms with Crippen LogP contribution < -0.4 is 0 Å². The van der Waals surface area contributed by atoms with E-state index < -0.39 is 10.0 Å². The first-order chi connectivity index (χ1) is 10.5. The molecule has 0 saturated carbocycles. The highest BCUT2D eigenvalue weighted by Crippen LogP contribution is 2.30. The third kappa shape index (κ3) is 4.56. The van der Waals surface area contributed by atoms with Crippen LogP contribution in [0.25, 0.3) is 0 Å². The van der Waals surface area contributed by atoms with Gasteiger partial charge in [0.25, 0.3) is 10.0 Å². The zero-order chi connectivity index (χ0) is 17.9. The molecule has 0 aliphatic heterocycles. The van der Waals surface area contributed by atoms with Crippen molar-refractivity contribution in [2.24, 2.45) is 5.10 Å². The van der Waals surface area contributed by atoms with Crippen LogP contribution in [0, 0.1) is 0 Å². The Bertz CT molecular complexity index is 670. The van der Waals surface area contributed by atoms with E-state index in [0.717, 1.165) is 11.1 Å². The summed E-state index contributed by atoms with van der Waals surface area (Å²) in [7, 11) is -3.67. The standard InChI is InChI=1S/C18H30N2O2S/c1-12(2)16-9-10-18(17(11-16)13(3)4)23(21,22)20(15(7)8)19-14(5)6/h9-13,15H,1-8H3. The Labute approximate surface area is 141 Å². The Morgan fingerprint density at radius 3 is 1.96 bits per heavy atom. The van der Waals surface area contributed by atoms with Crippen LogP contribution in [0.4, 0.5) is 0 Å². The highest BCUT2D eigenvalue weighted by Gasteiger charge is 2.29. The maximum atomic E-state index is 13.1. The topological polar surface area (TPSA) is 49.7 Å². The van der Waals surface area contributed by atoms with Gasteiger partial charge in [-0.1, -0.05) is 39.8 Å². The van der Waals surface area contributed by atoms with E-state index in [9.17, 15) is 8.42 Å². The fourth-order valence-electron chi connectivity index (χ4n) is 2.36. The Hall–Kier alpha value is -1.36. The lowest BCUT2D eigenvalue weighted by Gasteiger charge is -2.26. The highest BCUT2D eigenvalue weighted by atomic mass is 32.2. The van der Waals surface area contributed by atoms with Crippen molar-refractivity contribution in [1.29, 1.82) is 0 Å². The molecule has 5 heteroatoms. The average molecular weight is 339 g/mol. The smallest absolute Gasteiger partial charge is 0.200 e. The summed E-state index contributed by atoms with van der Waals surface area (Å²) in [5.41, 5.74) is 2.72. The van der Waals surface area contributed by atoms with E-state index in [4.69, 9.17) is 0 Å². The quantitative estimate of drug-likeness (QED) is 0.556. The van der Waals surface area contributed by atoms with Gasteiger partial charge in [-0.3, -0.25) is 0 Å². The molecular formula is C18H30N2O2S. The van der Waals surface area contributed by atoms with Gasteiger partial charge >= 0.3 is 0 Å². The van der Waals surface area contributed by atoms with Gasteiger partial charge in [-0.15, -0.1) is 0 Å². The van der Waals surface area contributed by atoms with Crippen LogP contribution >= 0.6 is 0 Å². The normalized spacial score (nSPS) is 12.1. The molecule has 0 fully saturated rings. The lowest BCUT2D eigenvalue weighted by Crippen LogP contribution is -2.33. The molecule has 0 heterocycles. The number of rotatable bonds is 6. The van der Waals surface area contributed by atoms with Gasteiger partial charge in [0.15, 0.2) is 0 Å². The molecule has 0 saturated heterocycles. The Kier molecular flexibility index (Phi) is 6.40. The molecule has 0 atom stereocenters. The second-order valence-corrected chi connectivity index (χ2v) is 8.79. The van der Waals surface area contributed by atoms with Crippen molar-refractivity contribution < 1.29 is 8.42 Å². The van der Waals surface area contributed by atoms with Crippen LogP contribution in [0.3, 0.4) is 0 Å². The second-order valence-electron chi connectivity index (χ2n) is 7.03. The number of nitrogens with zero attached hydrogens (tertiary/aromatic N) is 2. The first kappa shape index (κ1) is 19.7. The minimum absolute atomic E-state index is 0.124. The molecule has 0 bridgehead atoms. The monoisotopic (exact) mass is 338 g/mol. The largest absolute Gasteiger partial charge is 0.279 e.